The molecule has 82 valence electrons. The van der Waals surface area contributed by atoms with Gasteiger partial charge in [-0.05, 0) is 6.42 Å². The van der Waals surface area contributed by atoms with E-state index in [4.69, 9.17) is 5.11 Å². The molecule has 1 rings (SSSR count). The number of carbonyl (C=O) groups excluding carboxylic acids is 3. The third-order valence-electron chi connectivity index (χ3n) is 2.59. The van der Waals surface area contributed by atoms with Crippen LogP contribution in [0.5, 0.6) is 0 Å². The van der Waals surface area contributed by atoms with Gasteiger partial charge in [-0.1, -0.05) is 0 Å². The lowest BCUT2D eigenvalue weighted by molar-refractivity contribution is -0.150. The second kappa shape index (κ2) is 4.82. The normalized spacial score (nSPS) is 26.4. The maximum Gasteiger partial charge on any atom is 0.307 e. The minimum Gasteiger partial charge on any atom is -0.481 e. The lowest BCUT2D eigenvalue weighted by Crippen LogP contribution is -2.36. The van der Waals surface area contributed by atoms with Crippen LogP contribution in [0.3, 0.4) is 0 Å². The smallest absolute Gasteiger partial charge is 0.307 e. The van der Waals surface area contributed by atoms with Gasteiger partial charge in [-0.3, -0.25) is 14.4 Å². The van der Waals surface area contributed by atoms with E-state index in [0.717, 1.165) is 0 Å². The van der Waals surface area contributed by atoms with Gasteiger partial charge in [0.15, 0.2) is 0 Å². The Morgan fingerprint density at radius 1 is 1.33 bits per heavy atom. The first-order valence-corrected chi connectivity index (χ1v) is 4.78. The van der Waals surface area contributed by atoms with Crippen molar-refractivity contribution in [1.29, 1.82) is 0 Å². The largest absolute Gasteiger partial charge is 0.481 e. The van der Waals surface area contributed by atoms with Gasteiger partial charge in [0.2, 0.25) is 0 Å². The minimum absolute atomic E-state index is 0.0927. The van der Waals surface area contributed by atoms with Crippen molar-refractivity contribution < 1.29 is 24.3 Å². The Labute approximate surface area is 86.5 Å². The van der Waals surface area contributed by atoms with E-state index in [0.29, 0.717) is 6.29 Å². The van der Waals surface area contributed by atoms with Crippen LogP contribution in [-0.2, 0) is 19.2 Å². The SMILES string of the molecule is O=CCCC1C(=O)CC(C(=O)O)CC1=O. The summed E-state index contributed by atoms with van der Waals surface area (Å²) in [5.74, 6) is -3.44. The molecule has 0 heterocycles. The highest BCUT2D eigenvalue weighted by atomic mass is 16.4. The molecule has 0 aromatic carbocycles. The summed E-state index contributed by atoms with van der Waals surface area (Å²) in [6, 6.07) is 0. The van der Waals surface area contributed by atoms with Gasteiger partial charge in [-0.2, -0.15) is 0 Å². The van der Waals surface area contributed by atoms with Crippen LogP contribution in [0.1, 0.15) is 25.7 Å². The first-order chi connectivity index (χ1) is 7.06. The average molecular weight is 212 g/mol. The standard InChI is InChI=1S/C10H12O5/c11-3-1-2-7-8(12)4-6(10(14)15)5-9(7)13/h3,6-7H,1-2,4-5H2,(H,14,15). The molecule has 0 atom stereocenters. The molecule has 0 saturated heterocycles. The van der Waals surface area contributed by atoms with Gasteiger partial charge >= 0.3 is 5.97 Å². The molecule has 1 N–H and O–H groups in total. The van der Waals surface area contributed by atoms with Gasteiger partial charge < -0.3 is 9.90 Å². The molecule has 0 aliphatic heterocycles. The van der Waals surface area contributed by atoms with Gasteiger partial charge in [0.05, 0.1) is 11.8 Å². The number of aliphatic carboxylic acids is 1. The molecule has 15 heavy (non-hydrogen) atoms. The van der Waals surface area contributed by atoms with Crippen molar-refractivity contribution in [2.24, 2.45) is 11.8 Å². The molecule has 5 nitrogen and oxygen atoms in total. The molecular formula is C10H12O5. The molecule has 0 bridgehead atoms. The first-order valence-electron chi connectivity index (χ1n) is 4.78. The van der Waals surface area contributed by atoms with Crippen LogP contribution in [0.25, 0.3) is 0 Å². The van der Waals surface area contributed by atoms with Gasteiger partial charge in [0, 0.05) is 19.3 Å². The quantitative estimate of drug-likeness (QED) is 0.531. The molecule has 1 fully saturated rings. The highest BCUT2D eigenvalue weighted by molar-refractivity contribution is 6.07. The topological polar surface area (TPSA) is 88.5 Å². The molecule has 1 aliphatic rings. The zero-order chi connectivity index (χ0) is 11.4. The second-order valence-electron chi connectivity index (χ2n) is 3.67. The minimum atomic E-state index is -1.11. The molecular weight excluding hydrogens is 200 g/mol. The molecule has 5 heteroatoms. The highest BCUT2D eigenvalue weighted by Gasteiger charge is 2.37. The number of rotatable bonds is 4. The summed E-state index contributed by atoms with van der Waals surface area (Å²) >= 11 is 0. The summed E-state index contributed by atoms with van der Waals surface area (Å²) in [7, 11) is 0. The summed E-state index contributed by atoms with van der Waals surface area (Å²) in [5.41, 5.74) is 0. The zero-order valence-corrected chi connectivity index (χ0v) is 8.14. The maximum absolute atomic E-state index is 11.4. The van der Waals surface area contributed by atoms with Crippen LogP contribution in [0, 0.1) is 11.8 Å². The van der Waals surface area contributed by atoms with E-state index in [-0.39, 0.29) is 37.2 Å². The molecule has 1 saturated carbocycles. The number of ketones is 2. The fourth-order valence-corrected chi connectivity index (χ4v) is 1.75. The van der Waals surface area contributed by atoms with Gasteiger partial charge in [-0.25, -0.2) is 0 Å². The van der Waals surface area contributed by atoms with Crippen molar-refractivity contribution in [2.45, 2.75) is 25.7 Å². The van der Waals surface area contributed by atoms with Crippen LogP contribution >= 0.6 is 0 Å². The fourth-order valence-electron chi connectivity index (χ4n) is 1.75. The molecule has 0 aromatic heterocycles. The number of carbonyl (C=O) groups is 4. The number of hydrogen-bond donors (Lipinski definition) is 1. The van der Waals surface area contributed by atoms with Crippen molar-refractivity contribution >= 4 is 23.8 Å². The predicted octanol–water partition coefficient (Wildman–Crippen LogP) is 0.214. The fraction of sp³-hybridized carbons (Fsp3) is 0.600. The van der Waals surface area contributed by atoms with E-state index in [9.17, 15) is 19.2 Å². The Morgan fingerprint density at radius 3 is 2.27 bits per heavy atom. The van der Waals surface area contributed by atoms with E-state index in [1.165, 1.54) is 0 Å². The second-order valence-corrected chi connectivity index (χ2v) is 3.67. The van der Waals surface area contributed by atoms with Gasteiger partial charge in [-0.15, -0.1) is 0 Å². The van der Waals surface area contributed by atoms with Crippen molar-refractivity contribution in [3.8, 4) is 0 Å². The third-order valence-corrected chi connectivity index (χ3v) is 2.59. The lowest BCUT2D eigenvalue weighted by atomic mass is 9.78. The molecule has 0 unspecified atom stereocenters. The number of hydrogen-bond acceptors (Lipinski definition) is 4. The lowest BCUT2D eigenvalue weighted by Gasteiger charge is -2.23. The van der Waals surface area contributed by atoms with Gasteiger partial charge in [0.25, 0.3) is 0 Å². The maximum atomic E-state index is 11.4. The highest BCUT2D eigenvalue weighted by Crippen LogP contribution is 2.26. The molecule has 0 amide bonds. The number of carboxylic acids is 1. The number of aldehydes is 1. The Morgan fingerprint density at radius 2 is 1.87 bits per heavy atom. The van der Waals surface area contributed by atoms with E-state index < -0.39 is 17.8 Å². The number of Topliss-reactive ketones (excluding diaryl/α,β-unsaturated/α-hetero) is 2. The summed E-state index contributed by atoms with van der Waals surface area (Å²) < 4.78 is 0. The Bertz CT molecular complexity index is 289. The van der Waals surface area contributed by atoms with Crippen LogP contribution in [-0.4, -0.2) is 28.9 Å². The molecule has 1 aliphatic carbocycles. The summed E-state index contributed by atoms with van der Waals surface area (Å²) in [6.07, 6.45) is 0.854. The van der Waals surface area contributed by atoms with E-state index >= 15 is 0 Å². The van der Waals surface area contributed by atoms with Crippen molar-refractivity contribution in [1.82, 2.24) is 0 Å². The Kier molecular flexibility index (Phi) is 3.71. The number of carboxylic acid groups (broad SMARTS) is 1. The molecule has 0 radical (unpaired) electrons. The Balaban J connectivity index is 2.64. The average Bonchev–Trinajstić information content (AvgIpc) is 2.16. The van der Waals surface area contributed by atoms with E-state index in [2.05, 4.69) is 0 Å². The summed E-state index contributed by atoms with van der Waals surface area (Å²) in [5, 5.41) is 8.68. The van der Waals surface area contributed by atoms with E-state index in [1.54, 1.807) is 0 Å². The summed E-state index contributed by atoms with van der Waals surface area (Å²) in [6.45, 7) is 0. The van der Waals surface area contributed by atoms with Crippen LogP contribution in [0.15, 0.2) is 0 Å². The van der Waals surface area contributed by atoms with Crippen LogP contribution < -0.4 is 0 Å². The van der Waals surface area contributed by atoms with Crippen LogP contribution in [0.4, 0.5) is 0 Å². The van der Waals surface area contributed by atoms with Gasteiger partial charge in [0.1, 0.15) is 17.9 Å². The monoisotopic (exact) mass is 212 g/mol. The summed E-state index contributed by atoms with van der Waals surface area (Å²) in [4.78, 5) is 43.6. The molecule has 0 spiro atoms. The molecule has 0 aromatic rings. The van der Waals surface area contributed by atoms with Crippen molar-refractivity contribution in [3.63, 3.8) is 0 Å². The van der Waals surface area contributed by atoms with E-state index in [1.807, 2.05) is 0 Å². The first kappa shape index (κ1) is 11.6. The van der Waals surface area contributed by atoms with Crippen molar-refractivity contribution in [3.05, 3.63) is 0 Å². The Hall–Kier alpha value is -1.52. The third kappa shape index (κ3) is 2.71. The van der Waals surface area contributed by atoms with Crippen molar-refractivity contribution in [2.75, 3.05) is 0 Å². The predicted molar refractivity (Wildman–Crippen MR) is 49.2 cm³/mol. The van der Waals surface area contributed by atoms with Crippen LogP contribution in [0.2, 0.25) is 0 Å². The zero-order valence-electron chi connectivity index (χ0n) is 8.14.